The van der Waals surface area contributed by atoms with E-state index in [2.05, 4.69) is 15.2 Å². The average Bonchev–Trinajstić information content (AvgIpc) is 3.00. The maximum absolute atomic E-state index is 12.5. The fourth-order valence-corrected chi connectivity index (χ4v) is 2.90. The van der Waals surface area contributed by atoms with Crippen LogP contribution in [0.2, 0.25) is 0 Å². The van der Waals surface area contributed by atoms with Gasteiger partial charge < -0.3 is 9.47 Å². The van der Waals surface area contributed by atoms with Crippen LogP contribution >= 0.6 is 0 Å². The number of piperidine rings is 1. The predicted octanol–water partition coefficient (Wildman–Crippen LogP) is 2.25. The van der Waals surface area contributed by atoms with Crippen molar-refractivity contribution in [2.24, 2.45) is 7.05 Å². The smallest absolute Gasteiger partial charge is 0.338 e. The molecule has 1 atom stereocenters. The number of halogens is 3. The molecule has 3 rings (SSSR count). The Morgan fingerprint density at radius 3 is 2.71 bits per heavy atom. The Balaban J connectivity index is 1.74. The van der Waals surface area contributed by atoms with Crippen molar-refractivity contribution in [1.29, 1.82) is 0 Å². The molecule has 1 aliphatic rings. The summed E-state index contributed by atoms with van der Waals surface area (Å²) in [6.07, 6.45) is -0.227. The summed E-state index contributed by atoms with van der Waals surface area (Å²) >= 11 is 0. The van der Waals surface area contributed by atoms with Gasteiger partial charge in [-0.3, -0.25) is 9.78 Å². The summed E-state index contributed by atoms with van der Waals surface area (Å²) in [4.78, 5) is 17.5. The first-order chi connectivity index (χ1) is 11.4. The van der Waals surface area contributed by atoms with Crippen molar-refractivity contribution in [2.45, 2.75) is 24.9 Å². The fourth-order valence-electron chi connectivity index (χ4n) is 2.90. The number of carbonyl (C=O) groups excluding carboxylic acids is 1. The van der Waals surface area contributed by atoms with Gasteiger partial charge in [-0.25, -0.2) is 0 Å². The van der Waals surface area contributed by atoms with E-state index in [0.29, 0.717) is 13.1 Å². The zero-order valence-corrected chi connectivity index (χ0v) is 13.0. The molecular weight excluding hydrogens is 323 g/mol. The third-order valence-electron chi connectivity index (χ3n) is 4.12. The first kappa shape index (κ1) is 16.4. The molecule has 0 aliphatic carbocycles. The lowest BCUT2D eigenvalue weighted by Crippen LogP contribution is -2.39. The van der Waals surface area contributed by atoms with Gasteiger partial charge >= 0.3 is 6.18 Å². The molecule has 128 valence electrons. The molecule has 0 spiro atoms. The van der Waals surface area contributed by atoms with E-state index in [1.165, 1.54) is 6.07 Å². The van der Waals surface area contributed by atoms with Gasteiger partial charge in [-0.15, -0.1) is 10.2 Å². The van der Waals surface area contributed by atoms with Crippen molar-refractivity contribution < 1.29 is 18.0 Å². The minimum absolute atomic E-state index is 0.0672. The van der Waals surface area contributed by atoms with Crippen LogP contribution in [0.25, 0.3) is 0 Å². The highest BCUT2D eigenvalue weighted by Crippen LogP contribution is 2.28. The molecule has 0 saturated carbocycles. The van der Waals surface area contributed by atoms with Crippen LogP contribution < -0.4 is 0 Å². The number of hydrogen-bond acceptors (Lipinski definition) is 4. The van der Waals surface area contributed by atoms with E-state index >= 15 is 0 Å². The minimum Gasteiger partial charge on any atom is -0.338 e. The van der Waals surface area contributed by atoms with Gasteiger partial charge in [-0.1, -0.05) is 0 Å². The number of alkyl halides is 3. The summed E-state index contributed by atoms with van der Waals surface area (Å²) in [5, 5.41) is 7.93. The van der Waals surface area contributed by atoms with E-state index < -0.39 is 11.9 Å². The van der Waals surface area contributed by atoms with Gasteiger partial charge in [-0.2, -0.15) is 13.2 Å². The molecule has 0 N–H and O–H groups in total. The molecule has 3 heterocycles. The Labute approximate surface area is 136 Å². The molecule has 1 amide bonds. The molecule has 0 aromatic carbocycles. The topological polar surface area (TPSA) is 63.9 Å². The first-order valence-electron chi connectivity index (χ1n) is 7.52. The molecule has 0 unspecified atom stereocenters. The number of nitrogens with zero attached hydrogens (tertiary/aromatic N) is 5. The van der Waals surface area contributed by atoms with E-state index in [0.717, 1.165) is 30.9 Å². The third-order valence-corrected chi connectivity index (χ3v) is 4.12. The second-order valence-electron chi connectivity index (χ2n) is 5.82. The van der Waals surface area contributed by atoms with E-state index in [4.69, 9.17) is 0 Å². The minimum atomic E-state index is -4.51. The van der Waals surface area contributed by atoms with E-state index in [1.54, 1.807) is 11.2 Å². The molecule has 9 heteroatoms. The maximum Gasteiger partial charge on any atom is 0.433 e. The summed E-state index contributed by atoms with van der Waals surface area (Å²) < 4.78 is 39.5. The number of pyridine rings is 1. The number of rotatable bonds is 2. The van der Waals surface area contributed by atoms with Crippen LogP contribution in [0.15, 0.2) is 24.7 Å². The van der Waals surface area contributed by atoms with Crippen molar-refractivity contribution in [2.75, 3.05) is 13.1 Å². The lowest BCUT2D eigenvalue weighted by atomic mass is 9.96. The Bertz CT molecular complexity index is 725. The summed E-state index contributed by atoms with van der Waals surface area (Å²) in [6.45, 7) is 1.03. The van der Waals surface area contributed by atoms with Crippen molar-refractivity contribution in [3.63, 3.8) is 0 Å². The van der Waals surface area contributed by atoms with Crippen LogP contribution in [0.1, 0.15) is 40.6 Å². The first-order valence-corrected chi connectivity index (χ1v) is 7.52. The summed E-state index contributed by atoms with van der Waals surface area (Å²) in [7, 11) is 1.84. The van der Waals surface area contributed by atoms with Crippen LogP contribution in [0, 0.1) is 0 Å². The highest BCUT2D eigenvalue weighted by molar-refractivity contribution is 5.94. The predicted molar refractivity (Wildman–Crippen MR) is 78.1 cm³/mol. The van der Waals surface area contributed by atoms with Crippen molar-refractivity contribution >= 4 is 5.91 Å². The van der Waals surface area contributed by atoms with Crippen LogP contribution in [-0.4, -0.2) is 43.6 Å². The summed E-state index contributed by atoms with van der Waals surface area (Å²) in [5.41, 5.74) is -0.851. The molecule has 2 aromatic rings. The molecule has 2 aromatic heterocycles. The van der Waals surface area contributed by atoms with Crippen LogP contribution in [0.5, 0.6) is 0 Å². The summed E-state index contributed by atoms with van der Waals surface area (Å²) in [6, 6.07) is 2.00. The number of aromatic nitrogens is 4. The molecular formula is C15H16F3N5O. The normalized spacial score (nSPS) is 18.7. The highest BCUT2D eigenvalue weighted by atomic mass is 19.4. The van der Waals surface area contributed by atoms with Gasteiger partial charge in [-0.05, 0) is 25.0 Å². The Kier molecular flexibility index (Phi) is 4.25. The van der Waals surface area contributed by atoms with Gasteiger partial charge in [0.05, 0.1) is 5.56 Å². The zero-order valence-electron chi connectivity index (χ0n) is 13.0. The third kappa shape index (κ3) is 3.24. The molecule has 0 bridgehead atoms. The largest absolute Gasteiger partial charge is 0.433 e. The number of aryl methyl sites for hydroxylation is 1. The van der Waals surface area contributed by atoms with Gasteiger partial charge in [0.25, 0.3) is 5.91 Å². The summed E-state index contributed by atoms with van der Waals surface area (Å²) in [5.74, 6) is 0.554. The van der Waals surface area contributed by atoms with E-state index in [-0.39, 0.29) is 17.4 Å². The van der Waals surface area contributed by atoms with Crippen molar-refractivity contribution in [3.05, 3.63) is 41.7 Å². The van der Waals surface area contributed by atoms with E-state index in [9.17, 15) is 18.0 Å². The number of carbonyl (C=O) groups is 1. The quantitative estimate of drug-likeness (QED) is 0.842. The molecule has 6 nitrogen and oxygen atoms in total. The average molecular weight is 339 g/mol. The van der Waals surface area contributed by atoms with Gasteiger partial charge in [0, 0.05) is 32.3 Å². The van der Waals surface area contributed by atoms with Crippen LogP contribution in [-0.2, 0) is 13.2 Å². The molecule has 1 aliphatic heterocycles. The lowest BCUT2D eigenvalue weighted by molar-refractivity contribution is -0.141. The van der Waals surface area contributed by atoms with Gasteiger partial charge in [0.1, 0.15) is 17.8 Å². The molecule has 1 saturated heterocycles. The maximum atomic E-state index is 12.5. The Hall–Kier alpha value is -2.45. The second kappa shape index (κ2) is 6.21. The Morgan fingerprint density at radius 1 is 1.33 bits per heavy atom. The molecule has 1 fully saturated rings. The molecule has 24 heavy (non-hydrogen) atoms. The second-order valence-corrected chi connectivity index (χ2v) is 5.82. The van der Waals surface area contributed by atoms with Crippen LogP contribution in [0.3, 0.4) is 0 Å². The number of likely N-dealkylation sites (tertiary alicyclic amines) is 1. The lowest BCUT2D eigenvalue weighted by Gasteiger charge is -2.32. The monoisotopic (exact) mass is 339 g/mol. The van der Waals surface area contributed by atoms with Crippen LogP contribution in [0.4, 0.5) is 13.2 Å². The number of hydrogen-bond donors (Lipinski definition) is 0. The fraction of sp³-hybridized carbons (Fsp3) is 0.467. The van der Waals surface area contributed by atoms with Gasteiger partial charge in [0.15, 0.2) is 0 Å². The van der Waals surface area contributed by atoms with E-state index in [1.807, 2.05) is 11.6 Å². The Morgan fingerprint density at radius 2 is 2.12 bits per heavy atom. The SMILES string of the molecule is Cn1cnnc1[C@@H]1CCCN(C(=O)c2ccc(C(F)(F)F)nc2)C1. The zero-order chi connectivity index (χ0) is 17.3. The highest BCUT2D eigenvalue weighted by Gasteiger charge is 2.33. The standard InChI is InChI=1S/C15H16F3N5O/c1-22-9-20-21-13(22)11-3-2-6-23(8-11)14(24)10-4-5-12(19-7-10)15(16,17)18/h4-5,7,9,11H,2-3,6,8H2,1H3/t11-/m1/s1. The van der Waals surface area contributed by atoms with Crippen molar-refractivity contribution in [1.82, 2.24) is 24.6 Å². The van der Waals surface area contributed by atoms with Crippen molar-refractivity contribution in [3.8, 4) is 0 Å². The molecule has 0 radical (unpaired) electrons. The van der Waals surface area contributed by atoms with Gasteiger partial charge in [0.2, 0.25) is 0 Å². The number of amides is 1.